The molecule has 1 aliphatic rings. The highest BCUT2D eigenvalue weighted by atomic mass is 35.5. The zero-order valence-electron chi connectivity index (χ0n) is 12.4. The third-order valence-electron chi connectivity index (χ3n) is 3.34. The Morgan fingerprint density at radius 3 is 2.65 bits per heavy atom. The summed E-state index contributed by atoms with van der Waals surface area (Å²) in [5.74, 6) is -1.23. The number of carbonyl (C=O) groups is 2. The SMILES string of the molecule is CC(OC(=O)c1cc([N+](=O)[O-])ccc1Cl)C(=O)N1CCOCC1. The molecule has 2 rings (SSSR count). The molecule has 1 amide bonds. The first-order valence-corrected chi connectivity index (χ1v) is 7.29. The summed E-state index contributed by atoms with van der Waals surface area (Å²) in [5, 5.41) is 10.8. The van der Waals surface area contributed by atoms with E-state index in [1.165, 1.54) is 24.0 Å². The van der Waals surface area contributed by atoms with Gasteiger partial charge in [0.05, 0.1) is 28.7 Å². The van der Waals surface area contributed by atoms with Crippen LogP contribution in [0.15, 0.2) is 18.2 Å². The molecule has 1 atom stereocenters. The standard InChI is InChI=1S/C14H15ClN2O6/c1-9(13(18)16-4-6-22-7-5-16)23-14(19)11-8-10(17(20)21)2-3-12(11)15/h2-3,8-9H,4-7H2,1H3. The van der Waals surface area contributed by atoms with Gasteiger partial charge in [0.25, 0.3) is 11.6 Å². The van der Waals surface area contributed by atoms with Crippen molar-refractivity contribution in [2.24, 2.45) is 0 Å². The number of carbonyl (C=O) groups excluding carboxylic acids is 2. The van der Waals surface area contributed by atoms with Crippen molar-refractivity contribution in [3.05, 3.63) is 38.9 Å². The highest BCUT2D eigenvalue weighted by Crippen LogP contribution is 2.23. The lowest BCUT2D eigenvalue weighted by atomic mass is 10.2. The number of morpholine rings is 1. The fraction of sp³-hybridized carbons (Fsp3) is 0.429. The van der Waals surface area contributed by atoms with E-state index in [4.69, 9.17) is 21.1 Å². The van der Waals surface area contributed by atoms with E-state index >= 15 is 0 Å². The van der Waals surface area contributed by atoms with Crippen LogP contribution in [0, 0.1) is 10.1 Å². The summed E-state index contributed by atoms with van der Waals surface area (Å²) in [7, 11) is 0. The van der Waals surface area contributed by atoms with E-state index in [9.17, 15) is 19.7 Å². The largest absolute Gasteiger partial charge is 0.449 e. The molecule has 0 radical (unpaired) electrons. The van der Waals surface area contributed by atoms with E-state index in [-0.39, 0.29) is 22.2 Å². The molecule has 8 nitrogen and oxygen atoms in total. The molecule has 1 unspecified atom stereocenters. The normalized spacial score (nSPS) is 15.8. The van der Waals surface area contributed by atoms with E-state index in [0.717, 1.165) is 6.07 Å². The molecule has 9 heteroatoms. The predicted octanol–water partition coefficient (Wildman–Crippen LogP) is 1.65. The molecule has 0 bridgehead atoms. The van der Waals surface area contributed by atoms with Gasteiger partial charge in [-0.3, -0.25) is 14.9 Å². The Bertz CT molecular complexity index is 630. The number of non-ortho nitro benzene ring substituents is 1. The molecular weight excluding hydrogens is 328 g/mol. The van der Waals surface area contributed by atoms with Gasteiger partial charge >= 0.3 is 5.97 Å². The van der Waals surface area contributed by atoms with Gasteiger partial charge in [-0.2, -0.15) is 0 Å². The molecular formula is C14H15ClN2O6. The summed E-state index contributed by atoms with van der Waals surface area (Å²) in [5.41, 5.74) is -0.434. The lowest BCUT2D eigenvalue weighted by Crippen LogP contribution is -2.46. The molecule has 1 fully saturated rings. The number of hydrogen-bond acceptors (Lipinski definition) is 6. The number of amides is 1. The summed E-state index contributed by atoms with van der Waals surface area (Å²) >= 11 is 5.87. The lowest BCUT2D eigenvalue weighted by molar-refractivity contribution is -0.384. The lowest BCUT2D eigenvalue weighted by Gasteiger charge is -2.29. The van der Waals surface area contributed by atoms with Crippen LogP contribution in [0.2, 0.25) is 5.02 Å². The number of benzene rings is 1. The quantitative estimate of drug-likeness (QED) is 0.468. The number of hydrogen-bond donors (Lipinski definition) is 0. The van der Waals surface area contributed by atoms with Crippen LogP contribution >= 0.6 is 11.6 Å². The van der Waals surface area contributed by atoms with Crippen LogP contribution in [0.25, 0.3) is 0 Å². The summed E-state index contributed by atoms with van der Waals surface area (Å²) in [4.78, 5) is 35.9. The monoisotopic (exact) mass is 342 g/mol. The summed E-state index contributed by atoms with van der Waals surface area (Å²) < 4.78 is 10.2. The Kier molecular flexibility index (Phi) is 5.51. The highest BCUT2D eigenvalue weighted by molar-refractivity contribution is 6.33. The smallest absolute Gasteiger partial charge is 0.340 e. The molecule has 1 heterocycles. The van der Waals surface area contributed by atoms with Crippen LogP contribution in [0.1, 0.15) is 17.3 Å². The van der Waals surface area contributed by atoms with Crippen molar-refractivity contribution >= 4 is 29.2 Å². The third-order valence-corrected chi connectivity index (χ3v) is 3.66. The molecule has 1 aromatic rings. The van der Waals surface area contributed by atoms with Gasteiger partial charge in [0.1, 0.15) is 0 Å². The number of nitro benzene ring substituents is 1. The number of ether oxygens (including phenoxy) is 2. The zero-order chi connectivity index (χ0) is 17.0. The molecule has 124 valence electrons. The fourth-order valence-electron chi connectivity index (χ4n) is 2.10. The minimum Gasteiger partial charge on any atom is -0.449 e. The highest BCUT2D eigenvalue weighted by Gasteiger charge is 2.27. The Morgan fingerprint density at radius 2 is 2.04 bits per heavy atom. The molecule has 23 heavy (non-hydrogen) atoms. The zero-order valence-corrected chi connectivity index (χ0v) is 13.1. The molecule has 0 aliphatic carbocycles. The predicted molar refractivity (Wildman–Crippen MR) is 80.4 cm³/mol. The summed E-state index contributed by atoms with van der Waals surface area (Å²) in [6.07, 6.45) is -1.02. The first-order valence-electron chi connectivity index (χ1n) is 6.91. The van der Waals surface area contributed by atoms with Gasteiger partial charge in [-0.25, -0.2) is 4.79 Å². The van der Waals surface area contributed by atoms with Crippen molar-refractivity contribution in [2.75, 3.05) is 26.3 Å². The van der Waals surface area contributed by atoms with Gasteiger partial charge in [-0.15, -0.1) is 0 Å². The molecule has 0 saturated carbocycles. The van der Waals surface area contributed by atoms with Gasteiger partial charge in [0.15, 0.2) is 6.10 Å². The van der Waals surface area contributed by atoms with E-state index in [0.29, 0.717) is 26.3 Å². The Hall–Kier alpha value is -2.19. The first kappa shape index (κ1) is 17.2. The molecule has 0 spiro atoms. The van der Waals surface area contributed by atoms with Crippen molar-refractivity contribution in [1.29, 1.82) is 0 Å². The van der Waals surface area contributed by atoms with Gasteiger partial charge in [0, 0.05) is 25.2 Å². The van der Waals surface area contributed by atoms with Crippen molar-refractivity contribution < 1.29 is 24.0 Å². The minimum absolute atomic E-state index is 0.0200. The topological polar surface area (TPSA) is 99.0 Å². The maximum absolute atomic E-state index is 12.2. The summed E-state index contributed by atoms with van der Waals surface area (Å²) in [6.45, 7) is 3.17. The number of rotatable bonds is 4. The van der Waals surface area contributed by atoms with Crippen molar-refractivity contribution in [3.63, 3.8) is 0 Å². The molecule has 1 saturated heterocycles. The first-order chi connectivity index (χ1) is 10.9. The van der Waals surface area contributed by atoms with Crippen molar-refractivity contribution in [2.45, 2.75) is 13.0 Å². The second kappa shape index (κ2) is 7.38. The van der Waals surface area contributed by atoms with E-state index in [2.05, 4.69) is 0 Å². The fourth-order valence-corrected chi connectivity index (χ4v) is 2.29. The Balaban J connectivity index is 2.07. The van der Waals surface area contributed by atoms with Crippen molar-refractivity contribution in [3.8, 4) is 0 Å². The number of nitrogens with zero attached hydrogens (tertiary/aromatic N) is 2. The number of nitro groups is 1. The average Bonchev–Trinajstić information content (AvgIpc) is 2.54. The van der Waals surface area contributed by atoms with E-state index in [1.807, 2.05) is 0 Å². The molecule has 1 aliphatic heterocycles. The molecule has 1 aromatic carbocycles. The van der Waals surface area contributed by atoms with Crippen LogP contribution in [0.3, 0.4) is 0 Å². The van der Waals surface area contributed by atoms with Gasteiger partial charge in [-0.05, 0) is 13.0 Å². The van der Waals surface area contributed by atoms with Crippen LogP contribution in [0.4, 0.5) is 5.69 Å². The van der Waals surface area contributed by atoms with Crippen LogP contribution in [-0.2, 0) is 14.3 Å². The number of halogens is 1. The number of esters is 1. The van der Waals surface area contributed by atoms with Gasteiger partial charge < -0.3 is 14.4 Å². The van der Waals surface area contributed by atoms with E-state index < -0.39 is 17.0 Å². The third kappa shape index (κ3) is 4.17. The van der Waals surface area contributed by atoms with Crippen LogP contribution < -0.4 is 0 Å². The Morgan fingerprint density at radius 1 is 1.39 bits per heavy atom. The second-order valence-corrected chi connectivity index (χ2v) is 5.31. The summed E-state index contributed by atoms with van der Waals surface area (Å²) in [6, 6.07) is 3.45. The Labute approximate surface area is 137 Å². The van der Waals surface area contributed by atoms with Gasteiger partial charge in [-0.1, -0.05) is 11.6 Å². The van der Waals surface area contributed by atoms with Crippen LogP contribution in [-0.4, -0.2) is 54.1 Å². The maximum atomic E-state index is 12.2. The second-order valence-electron chi connectivity index (χ2n) is 4.91. The molecule has 0 N–H and O–H groups in total. The van der Waals surface area contributed by atoms with E-state index in [1.54, 1.807) is 0 Å². The average molecular weight is 343 g/mol. The maximum Gasteiger partial charge on any atom is 0.340 e. The van der Waals surface area contributed by atoms with Crippen LogP contribution in [0.5, 0.6) is 0 Å². The minimum atomic E-state index is -1.02. The van der Waals surface area contributed by atoms with Crippen molar-refractivity contribution in [1.82, 2.24) is 4.90 Å². The van der Waals surface area contributed by atoms with Gasteiger partial charge in [0.2, 0.25) is 0 Å². The molecule has 0 aromatic heterocycles.